The van der Waals surface area contributed by atoms with Crippen LogP contribution in [0.4, 0.5) is 0 Å². The monoisotopic (exact) mass is 489 g/mol. The maximum absolute atomic E-state index is 12.3. The van der Waals surface area contributed by atoms with E-state index in [0.717, 1.165) is 77.0 Å². The molecule has 1 saturated heterocycles. The first-order valence-corrected chi connectivity index (χ1v) is 10.7. The minimum absolute atomic E-state index is 0. The van der Waals surface area contributed by atoms with E-state index in [1.807, 2.05) is 33.0 Å². The number of likely N-dealkylation sites (N-methyl/N-ethyl adjacent to an activating group) is 1. The molecule has 6 nitrogen and oxygen atoms in total. The zero-order valence-electron chi connectivity index (χ0n) is 19.3. The zero-order valence-corrected chi connectivity index (χ0v) is 20.9. The highest BCUT2D eigenvalue weighted by molar-refractivity contribution is 5.97. The van der Waals surface area contributed by atoms with Gasteiger partial charge in [-0.15, -0.1) is 24.8 Å². The lowest BCUT2D eigenvalue weighted by atomic mass is 10.0. The molecule has 4 aromatic rings. The maximum atomic E-state index is 12.3. The largest absolute Gasteiger partial charge is 0.454 e. The molecule has 33 heavy (non-hydrogen) atoms. The number of halogens is 2. The minimum Gasteiger partial charge on any atom is -0.454 e. The van der Waals surface area contributed by atoms with Crippen LogP contribution in [0.25, 0.3) is 33.3 Å². The van der Waals surface area contributed by atoms with E-state index in [1.165, 1.54) is 6.07 Å². The number of aryl methyl sites for hydroxylation is 3. The Labute approximate surface area is 205 Å². The molecule has 0 saturated carbocycles. The molecule has 1 fully saturated rings. The third-order valence-corrected chi connectivity index (χ3v) is 6.51. The number of fused-ring (bicyclic) bond motifs is 2. The average molecular weight is 490 g/mol. The fraction of sp³-hybridized carbons (Fsp3) is 0.360. The van der Waals surface area contributed by atoms with Crippen molar-refractivity contribution in [1.29, 1.82) is 0 Å². The van der Waals surface area contributed by atoms with Gasteiger partial charge in [-0.3, -0.25) is 9.88 Å². The molecule has 3 aromatic heterocycles. The van der Waals surface area contributed by atoms with Crippen LogP contribution in [0.15, 0.2) is 44.1 Å². The Balaban J connectivity index is 0.00000153. The molecular weight excluding hydrogens is 461 g/mol. The molecule has 0 bridgehead atoms. The SMILES string of the molecule is Cc1ccc2c(-c3cc4c(CN5CCN(C)CC5)cnc(C)c4o3)cc(=O)oc2c1C.Cl.Cl. The molecule has 0 N–H and O–H groups in total. The summed E-state index contributed by atoms with van der Waals surface area (Å²) in [6, 6.07) is 7.63. The molecule has 176 valence electrons. The van der Waals surface area contributed by atoms with Crippen LogP contribution in [0.1, 0.15) is 22.4 Å². The average Bonchev–Trinajstić information content (AvgIpc) is 3.21. The predicted molar refractivity (Wildman–Crippen MR) is 137 cm³/mol. The van der Waals surface area contributed by atoms with Crippen LogP contribution in [0.2, 0.25) is 0 Å². The van der Waals surface area contributed by atoms with E-state index in [1.54, 1.807) is 0 Å². The summed E-state index contributed by atoms with van der Waals surface area (Å²) in [4.78, 5) is 21.7. The van der Waals surface area contributed by atoms with E-state index in [2.05, 4.69) is 34.0 Å². The van der Waals surface area contributed by atoms with Crippen molar-refractivity contribution < 1.29 is 8.83 Å². The normalized spacial score (nSPS) is 14.9. The number of nitrogens with zero attached hydrogens (tertiary/aromatic N) is 3. The third kappa shape index (κ3) is 4.66. The molecule has 0 amide bonds. The summed E-state index contributed by atoms with van der Waals surface area (Å²) >= 11 is 0. The second kappa shape index (κ2) is 9.85. The Hall–Kier alpha value is -2.38. The lowest BCUT2D eigenvalue weighted by Gasteiger charge is -2.32. The van der Waals surface area contributed by atoms with Crippen LogP contribution in [0.5, 0.6) is 0 Å². The summed E-state index contributed by atoms with van der Waals surface area (Å²) in [6.07, 6.45) is 1.96. The van der Waals surface area contributed by atoms with Crippen LogP contribution in [-0.2, 0) is 6.54 Å². The van der Waals surface area contributed by atoms with Crippen LogP contribution < -0.4 is 5.63 Å². The summed E-state index contributed by atoms with van der Waals surface area (Å²) in [5, 5.41) is 1.94. The molecule has 1 aliphatic rings. The van der Waals surface area contributed by atoms with E-state index < -0.39 is 0 Å². The van der Waals surface area contributed by atoms with Gasteiger partial charge in [-0.05, 0) is 50.6 Å². The molecular formula is C25H29Cl2N3O3. The molecule has 0 atom stereocenters. The van der Waals surface area contributed by atoms with E-state index in [9.17, 15) is 4.79 Å². The minimum atomic E-state index is -0.371. The number of hydrogen-bond donors (Lipinski definition) is 0. The molecule has 1 aromatic carbocycles. The number of benzene rings is 1. The molecule has 4 heterocycles. The highest BCUT2D eigenvalue weighted by atomic mass is 35.5. The number of hydrogen-bond acceptors (Lipinski definition) is 6. The highest BCUT2D eigenvalue weighted by Crippen LogP contribution is 2.35. The van der Waals surface area contributed by atoms with Crippen molar-refractivity contribution in [2.24, 2.45) is 0 Å². The first kappa shape index (κ1) is 25.2. The van der Waals surface area contributed by atoms with E-state index in [-0.39, 0.29) is 30.4 Å². The maximum Gasteiger partial charge on any atom is 0.336 e. The van der Waals surface area contributed by atoms with Gasteiger partial charge < -0.3 is 13.7 Å². The number of piperazine rings is 1. The van der Waals surface area contributed by atoms with Gasteiger partial charge in [0, 0.05) is 61.3 Å². The molecule has 0 aliphatic carbocycles. The van der Waals surface area contributed by atoms with Gasteiger partial charge in [0.15, 0.2) is 5.58 Å². The van der Waals surface area contributed by atoms with Gasteiger partial charge in [0.2, 0.25) is 0 Å². The van der Waals surface area contributed by atoms with Crippen molar-refractivity contribution >= 4 is 46.8 Å². The summed E-state index contributed by atoms with van der Waals surface area (Å²) < 4.78 is 11.8. The Bertz CT molecular complexity index is 1350. The zero-order chi connectivity index (χ0) is 21.7. The standard InChI is InChI=1S/C25H27N3O3.2ClH/c1-15-5-6-19-21(12-23(29)31-24(19)16(15)2)22-11-20-18(13-26-17(3)25(20)30-22)14-28-9-7-27(4)8-10-28;;/h5-6,11-13H,7-10,14H2,1-4H3;2*1H. The summed E-state index contributed by atoms with van der Waals surface area (Å²) in [6.45, 7) is 11.0. The summed E-state index contributed by atoms with van der Waals surface area (Å²) in [5.41, 5.74) is 5.86. The Morgan fingerprint density at radius 3 is 2.39 bits per heavy atom. The first-order chi connectivity index (χ1) is 14.9. The van der Waals surface area contributed by atoms with Gasteiger partial charge >= 0.3 is 5.63 Å². The van der Waals surface area contributed by atoms with Crippen LogP contribution in [0.3, 0.4) is 0 Å². The van der Waals surface area contributed by atoms with Crippen molar-refractivity contribution in [3.8, 4) is 11.3 Å². The van der Waals surface area contributed by atoms with Crippen molar-refractivity contribution in [3.63, 3.8) is 0 Å². The molecule has 8 heteroatoms. The van der Waals surface area contributed by atoms with Crippen molar-refractivity contribution in [3.05, 3.63) is 63.3 Å². The van der Waals surface area contributed by atoms with Crippen molar-refractivity contribution in [2.75, 3.05) is 33.2 Å². The topological polar surface area (TPSA) is 62.7 Å². The van der Waals surface area contributed by atoms with E-state index >= 15 is 0 Å². The number of rotatable bonds is 3. The predicted octanol–water partition coefficient (Wildman–Crippen LogP) is 5.12. The molecule has 0 radical (unpaired) electrons. The van der Waals surface area contributed by atoms with Gasteiger partial charge in [0.1, 0.15) is 11.3 Å². The van der Waals surface area contributed by atoms with Gasteiger partial charge in [-0.1, -0.05) is 12.1 Å². The van der Waals surface area contributed by atoms with Gasteiger partial charge in [-0.25, -0.2) is 4.79 Å². The first-order valence-electron chi connectivity index (χ1n) is 10.7. The number of aromatic nitrogens is 1. The second-order valence-electron chi connectivity index (χ2n) is 8.66. The van der Waals surface area contributed by atoms with Crippen molar-refractivity contribution in [2.45, 2.75) is 27.3 Å². The summed E-state index contributed by atoms with van der Waals surface area (Å²) in [5.74, 6) is 0.673. The highest BCUT2D eigenvalue weighted by Gasteiger charge is 2.20. The lowest BCUT2D eigenvalue weighted by Crippen LogP contribution is -2.43. The van der Waals surface area contributed by atoms with Crippen LogP contribution in [-0.4, -0.2) is 48.0 Å². The quantitative estimate of drug-likeness (QED) is 0.372. The van der Waals surface area contributed by atoms with Gasteiger partial charge in [-0.2, -0.15) is 0 Å². The molecule has 0 spiro atoms. The van der Waals surface area contributed by atoms with E-state index in [4.69, 9.17) is 8.83 Å². The van der Waals surface area contributed by atoms with Gasteiger partial charge in [0.05, 0.1) is 5.69 Å². The van der Waals surface area contributed by atoms with Crippen LogP contribution in [0, 0.1) is 20.8 Å². The van der Waals surface area contributed by atoms with Gasteiger partial charge in [0.25, 0.3) is 0 Å². The third-order valence-electron chi connectivity index (χ3n) is 6.51. The summed E-state index contributed by atoms with van der Waals surface area (Å²) in [7, 11) is 2.16. The molecule has 0 unspecified atom stereocenters. The smallest absolute Gasteiger partial charge is 0.336 e. The molecule has 5 rings (SSSR count). The lowest BCUT2D eigenvalue weighted by molar-refractivity contribution is 0.148. The fourth-order valence-corrected chi connectivity index (χ4v) is 4.37. The molecule has 1 aliphatic heterocycles. The van der Waals surface area contributed by atoms with Crippen molar-refractivity contribution in [1.82, 2.24) is 14.8 Å². The number of furan rings is 1. The Morgan fingerprint density at radius 2 is 1.67 bits per heavy atom. The second-order valence-corrected chi connectivity index (χ2v) is 8.66. The Morgan fingerprint density at radius 1 is 0.939 bits per heavy atom. The Kier molecular flexibility index (Phi) is 7.54. The number of pyridine rings is 1. The van der Waals surface area contributed by atoms with E-state index in [0.29, 0.717) is 11.3 Å². The van der Waals surface area contributed by atoms with Crippen LogP contribution >= 0.6 is 24.8 Å². The fourth-order valence-electron chi connectivity index (χ4n) is 4.37.